The fourth-order valence-corrected chi connectivity index (χ4v) is 4.79. The Kier molecular flexibility index (Phi) is 11.9. The van der Waals surface area contributed by atoms with E-state index in [-0.39, 0.29) is 32.0 Å². The standard InChI is InChI=1S/C34H44N4O8/c1-21(2)13-31(40)45-30(25-10-11-26-27(22(25)3)19-43-32(26)41)18-38(33(42)46-34(4,5)6)17-23(15-35)16-36-24-9-12-29(44-20-39)28(14-24)37(7)8/h9-12,14-16,20-21,30H,13,17-19,35H2,1-8H3/t30-/m0/s1. The van der Waals surface area contributed by atoms with Crippen LogP contribution in [0.2, 0.25) is 0 Å². The fraction of sp³-hybridized carbons (Fsp3) is 0.441. The van der Waals surface area contributed by atoms with Crippen molar-refractivity contribution in [2.24, 2.45) is 16.6 Å². The average Bonchev–Trinajstić information content (AvgIpc) is 3.34. The topological polar surface area (TPSA) is 150 Å². The molecule has 0 spiro atoms. The number of hydrogen-bond acceptors (Lipinski definition) is 11. The third-order valence-corrected chi connectivity index (χ3v) is 7.01. The van der Waals surface area contributed by atoms with Crippen LogP contribution in [0.5, 0.6) is 5.75 Å². The zero-order chi connectivity index (χ0) is 34.2. The van der Waals surface area contributed by atoms with Crippen molar-refractivity contribution in [3.8, 4) is 5.75 Å². The number of nitrogens with two attached hydrogens (primary N) is 1. The second-order valence-electron chi connectivity index (χ2n) is 12.6. The van der Waals surface area contributed by atoms with Crippen molar-refractivity contribution in [2.75, 3.05) is 32.1 Å². The molecule has 2 aromatic rings. The van der Waals surface area contributed by atoms with Crippen molar-refractivity contribution >= 4 is 42.1 Å². The van der Waals surface area contributed by atoms with E-state index in [9.17, 15) is 19.2 Å². The molecule has 1 atom stereocenters. The quantitative estimate of drug-likeness (QED) is 0.131. The number of anilines is 1. The maximum atomic E-state index is 13.6. The molecule has 2 aromatic carbocycles. The number of esters is 2. The lowest BCUT2D eigenvalue weighted by Crippen LogP contribution is -2.41. The van der Waals surface area contributed by atoms with Gasteiger partial charge in [-0.05, 0) is 69.0 Å². The Bertz CT molecular complexity index is 1510. The molecule has 0 saturated carbocycles. The summed E-state index contributed by atoms with van der Waals surface area (Å²) < 4.78 is 22.0. The van der Waals surface area contributed by atoms with Crippen molar-refractivity contribution in [3.05, 3.63) is 64.4 Å². The second kappa shape index (κ2) is 15.4. The van der Waals surface area contributed by atoms with Gasteiger partial charge in [-0.15, -0.1) is 0 Å². The molecule has 0 aromatic heterocycles. The number of rotatable bonds is 13. The second-order valence-corrected chi connectivity index (χ2v) is 12.6. The Morgan fingerprint density at radius 1 is 1.15 bits per heavy atom. The fourth-order valence-electron chi connectivity index (χ4n) is 4.79. The van der Waals surface area contributed by atoms with Crippen LogP contribution in [-0.2, 0) is 30.4 Å². The van der Waals surface area contributed by atoms with Gasteiger partial charge < -0.3 is 29.6 Å². The maximum absolute atomic E-state index is 13.6. The van der Waals surface area contributed by atoms with Crippen molar-refractivity contribution in [3.63, 3.8) is 0 Å². The summed E-state index contributed by atoms with van der Waals surface area (Å²) in [6.45, 7) is 11.3. The number of ether oxygens (including phenoxy) is 4. The smallest absolute Gasteiger partial charge is 0.410 e. The molecule has 0 bridgehead atoms. The molecule has 1 aliphatic heterocycles. The van der Waals surface area contributed by atoms with Gasteiger partial charge in [0.15, 0.2) is 5.75 Å². The molecule has 0 unspecified atom stereocenters. The molecule has 0 aliphatic carbocycles. The van der Waals surface area contributed by atoms with Crippen LogP contribution in [0.4, 0.5) is 16.2 Å². The molecular weight excluding hydrogens is 592 g/mol. The van der Waals surface area contributed by atoms with Crippen LogP contribution in [0.1, 0.15) is 74.2 Å². The van der Waals surface area contributed by atoms with Crippen LogP contribution in [-0.4, -0.2) is 68.4 Å². The van der Waals surface area contributed by atoms with E-state index in [1.165, 1.54) is 17.3 Å². The van der Waals surface area contributed by atoms with E-state index < -0.39 is 29.7 Å². The molecule has 46 heavy (non-hydrogen) atoms. The molecule has 0 fully saturated rings. The molecule has 0 saturated heterocycles. The minimum Gasteiger partial charge on any atom is -0.457 e. The van der Waals surface area contributed by atoms with E-state index in [4.69, 9.17) is 24.7 Å². The molecule has 1 heterocycles. The number of benzene rings is 2. The highest BCUT2D eigenvalue weighted by atomic mass is 16.6. The van der Waals surface area contributed by atoms with Crippen LogP contribution < -0.4 is 15.4 Å². The Morgan fingerprint density at radius 2 is 1.87 bits per heavy atom. The lowest BCUT2D eigenvalue weighted by Gasteiger charge is -2.31. The van der Waals surface area contributed by atoms with E-state index in [0.29, 0.717) is 45.9 Å². The molecule has 12 nitrogen and oxygen atoms in total. The van der Waals surface area contributed by atoms with Gasteiger partial charge in [-0.2, -0.15) is 0 Å². The number of carbonyl (C=O) groups is 4. The first-order valence-corrected chi connectivity index (χ1v) is 15.0. The number of fused-ring (bicyclic) bond motifs is 1. The Morgan fingerprint density at radius 3 is 2.48 bits per heavy atom. The zero-order valence-corrected chi connectivity index (χ0v) is 27.8. The first-order valence-electron chi connectivity index (χ1n) is 15.0. The molecule has 1 amide bonds. The van der Waals surface area contributed by atoms with Gasteiger partial charge in [0.05, 0.1) is 30.0 Å². The Balaban J connectivity index is 1.98. The van der Waals surface area contributed by atoms with E-state index in [1.807, 2.05) is 34.9 Å². The van der Waals surface area contributed by atoms with Gasteiger partial charge in [-0.1, -0.05) is 19.9 Å². The highest BCUT2D eigenvalue weighted by molar-refractivity contribution is 5.94. The normalized spacial score (nSPS) is 13.7. The van der Waals surface area contributed by atoms with Gasteiger partial charge in [-0.25, -0.2) is 9.59 Å². The highest BCUT2D eigenvalue weighted by Gasteiger charge is 2.31. The summed E-state index contributed by atoms with van der Waals surface area (Å²) >= 11 is 0. The van der Waals surface area contributed by atoms with Crippen molar-refractivity contribution in [1.29, 1.82) is 0 Å². The number of carbonyl (C=O) groups excluding carboxylic acids is 4. The third kappa shape index (κ3) is 9.56. The molecule has 248 valence electrons. The first-order chi connectivity index (χ1) is 21.6. The third-order valence-electron chi connectivity index (χ3n) is 7.01. The predicted octanol–water partition coefficient (Wildman–Crippen LogP) is 5.38. The average molecular weight is 637 g/mol. The van der Waals surface area contributed by atoms with E-state index in [2.05, 4.69) is 4.99 Å². The number of cyclic esters (lactones) is 1. The molecule has 1 aliphatic rings. The minimum atomic E-state index is -0.885. The summed E-state index contributed by atoms with van der Waals surface area (Å²) in [7, 11) is 3.62. The largest absolute Gasteiger partial charge is 0.457 e. The lowest BCUT2D eigenvalue weighted by atomic mass is 9.95. The molecule has 2 N–H and O–H groups in total. The highest BCUT2D eigenvalue weighted by Crippen LogP contribution is 2.33. The van der Waals surface area contributed by atoms with Gasteiger partial charge in [0.2, 0.25) is 0 Å². The summed E-state index contributed by atoms with van der Waals surface area (Å²) in [5.41, 5.74) is 9.41. The van der Waals surface area contributed by atoms with Crippen LogP contribution in [0, 0.1) is 12.8 Å². The molecular formula is C34H44N4O8. The molecule has 0 radical (unpaired) electrons. The maximum Gasteiger partial charge on any atom is 0.410 e. The van der Waals surface area contributed by atoms with E-state index in [0.717, 1.165) is 5.56 Å². The first kappa shape index (κ1) is 35.6. The van der Waals surface area contributed by atoms with Crippen LogP contribution in [0.3, 0.4) is 0 Å². The van der Waals surface area contributed by atoms with Gasteiger partial charge in [0.25, 0.3) is 6.47 Å². The van der Waals surface area contributed by atoms with E-state index in [1.54, 1.807) is 56.0 Å². The van der Waals surface area contributed by atoms with Gasteiger partial charge >= 0.3 is 18.0 Å². The van der Waals surface area contributed by atoms with Gasteiger partial charge in [-0.3, -0.25) is 19.5 Å². The predicted molar refractivity (Wildman–Crippen MR) is 174 cm³/mol. The number of amides is 1. The number of aliphatic imine (C=N–C) groups is 1. The number of hydrogen-bond donors (Lipinski definition) is 1. The van der Waals surface area contributed by atoms with Crippen LogP contribution >= 0.6 is 0 Å². The lowest BCUT2D eigenvalue weighted by molar-refractivity contribution is -0.151. The monoisotopic (exact) mass is 636 g/mol. The van der Waals surface area contributed by atoms with Gasteiger partial charge in [0, 0.05) is 44.1 Å². The van der Waals surface area contributed by atoms with Crippen LogP contribution in [0.25, 0.3) is 0 Å². The van der Waals surface area contributed by atoms with Gasteiger partial charge in [0.1, 0.15) is 18.3 Å². The summed E-state index contributed by atoms with van der Waals surface area (Å²) in [6.07, 6.45) is 1.51. The van der Waals surface area contributed by atoms with Crippen molar-refractivity contribution in [1.82, 2.24) is 4.90 Å². The number of nitrogens with zero attached hydrogens (tertiary/aromatic N) is 3. The summed E-state index contributed by atoms with van der Waals surface area (Å²) in [5.74, 6) is -0.405. The molecule has 3 rings (SSSR count). The van der Waals surface area contributed by atoms with Crippen LogP contribution in [0.15, 0.2) is 47.1 Å². The summed E-state index contributed by atoms with van der Waals surface area (Å²) in [6, 6.07) is 8.42. The van der Waals surface area contributed by atoms with Crippen molar-refractivity contribution < 1.29 is 38.1 Å². The molecule has 12 heteroatoms. The SMILES string of the molecule is Cc1c([C@H](CN(CC(C=Nc2ccc(OC=O)c(N(C)C)c2)=CN)C(=O)OC(C)(C)C)OC(=O)CC(C)C)ccc2c1COC2=O. The van der Waals surface area contributed by atoms with E-state index >= 15 is 0 Å². The zero-order valence-electron chi connectivity index (χ0n) is 27.8. The van der Waals surface area contributed by atoms with Crippen molar-refractivity contribution in [2.45, 2.75) is 66.3 Å². The Labute approximate surface area is 270 Å². The Hall–Kier alpha value is -4.87. The summed E-state index contributed by atoms with van der Waals surface area (Å²) in [4.78, 5) is 57.4. The minimum absolute atomic E-state index is 0.0222. The summed E-state index contributed by atoms with van der Waals surface area (Å²) in [5, 5.41) is 0.